The molecule has 0 bridgehead atoms. The molecule has 1 saturated heterocycles. The van der Waals surface area contributed by atoms with Crippen molar-refractivity contribution in [2.45, 2.75) is 57.1 Å². The number of halogens is 2. The molecule has 0 spiro atoms. The van der Waals surface area contributed by atoms with E-state index in [1.165, 1.54) is 13.1 Å². The van der Waals surface area contributed by atoms with Crippen LogP contribution in [0.1, 0.15) is 45.2 Å². The summed E-state index contributed by atoms with van der Waals surface area (Å²) in [5.74, 6) is -0.219. The maximum absolute atomic E-state index is 14.7. The van der Waals surface area contributed by atoms with Gasteiger partial charge in [0.05, 0.1) is 28.1 Å². The first-order valence-corrected chi connectivity index (χ1v) is 10.3. The van der Waals surface area contributed by atoms with Crippen LogP contribution in [0.2, 0.25) is 0 Å². The zero-order valence-corrected chi connectivity index (χ0v) is 17.5. The van der Waals surface area contributed by atoms with Crippen molar-refractivity contribution in [1.29, 1.82) is 0 Å². The average Bonchev–Trinajstić information content (AvgIpc) is 3.39. The lowest BCUT2D eigenvalue weighted by Crippen LogP contribution is -2.44. The van der Waals surface area contributed by atoms with Crippen molar-refractivity contribution in [3.8, 4) is 0 Å². The van der Waals surface area contributed by atoms with Gasteiger partial charge in [-0.15, -0.1) is 5.10 Å². The minimum atomic E-state index is -0.401. The third-order valence-corrected chi connectivity index (χ3v) is 6.52. The smallest absolute Gasteiger partial charge is 0.303 e. The highest BCUT2D eigenvalue weighted by molar-refractivity contribution is 14.1. The fraction of sp³-hybridized carbons (Fsp3) is 0.611. The molecule has 27 heavy (non-hydrogen) atoms. The quantitative estimate of drug-likeness (QED) is 0.515. The first-order chi connectivity index (χ1) is 12.9. The molecule has 2 aromatic rings. The van der Waals surface area contributed by atoms with Crippen LogP contribution < -0.4 is 5.32 Å². The van der Waals surface area contributed by atoms with Gasteiger partial charge in [0.1, 0.15) is 11.6 Å². The fourth-order valence-corrected chi connectivity index (χ4v) is 4.86. The topological polar surface area (TPSA) is 77.8 Å². The number of carbonyl (C=O) groups excluding carboxylic acids is 1. The number of ether oxygens (including phenoxy) is 2. The molecule has 0 aromatic carbocycles. The molecule has 9 heteroatoms. The molecule has 7 nitrogen and oxygen atoms in total. The Kier molecular flexibility index (Phi) is 5.00. The van der Waals surface area contributed by atoms with Crippen molar-refractivity contribution in [3.05, 3.63) is 21.3 Å². The van der Waals surface area contributed by atoms with E-state index in [1.807, 2.05) is 0 Å². The van der Waals surface area contributed by atoms with Crippen molar-refractivity contribution in [3.63, 3.8) is 0 Å². The molecule has 1 aliphatic heterocycles. The first kappa shape index (κ1) is 18.9. The van der Waals surface area contributed by atoms with E-state index in [2.05, 4.69) is 44.9 Å². The summed E-state index contributed by atoms with van der Waals surface area (Å²) in [6.07, 6.45) is 4.83. The third-order valence-electron chi connectivity index (χ3n) is 5.54. The summed E-state index contributed by atoms with van der Waals surface area (Å²) in [7, 11) is 0. The summed E-state index contributed by atoms with van der Waals surface area (Å²) in [6.45, 7) is 4.41. The molecule has 2 aliphatic rings. The van der Waals surface area contributed by atoms with Gasteiger partial charge in [0.2, 0.25) is 5.95 Å². The second kappa shape index (κ2) is 7.16. The maximum atomic E-state index is 14.7. The summed E-state index contributed by atoms with van der Waals surface area (Å²) in [4.78, 5) is 15.6. The Morgan fingerprint density at radius 3 is 3.00 bits per heavy atom. The second-order valence-corrected chi connectivity index (χ2v) is 8.33. The Bertz CT molecular complexity index is 883. The van der Waals surface area contributed by atoms with Gasteiger partial charge < -0.3 is 14.8 Å². The number of nitrogens with zero attached hydrogens (tertiary/aromatic N) is 3. The van der Waals surface area contributed by atoms with Crippen LogP contribution in [-0.2, 0) is 19.7 Å². The Labute approximate surface area is 170 Å². The van der Waals surface area contributed by atoms with E-state index in [0.717, 1.165) is 25.0 Å². The van der Waals surface area contributed by atoms with Gasteiger partial charge in [-0.1, -0.05) is 6.92 Å². The highest BCUT2D eigenvalue weighted by atomic mass is 127. The van der Waals surface area contributed by atoms with E-state index in [-0.39, 0.29) is 23.2 Å². The summed E-state index contributed by atoms with van der Waals surface area (Å²) in [5.41, 5.74) is 1.34. The van der Waals surface area contributed by atoms with E-state index in [9.17, 15) is 9.18 Å². The molecular formula is C18H22FIN4O3. The maximum Gasteiger partial charge on any atom is 0.303 e. The van der Waals surface area contributed by atoms with Crippen LogP contribution in [0.3, 0.4) is 0 Å². The fourth-order valence-electron chi connectivity index (χ4n) is 3.79. The number of anilines is 1. The molecule has 2 unspecified atom stereocenters. The Morgan fingerprint density at radius 2 is 2.33 bits per heavy atom. The monoisotopic (exact) mass is 488 g/mol. The second-order valence-electron chi connectivity index (χ2n) is 7.25. The van der Waals surface area contributed by atoms with Gasteiger partial charge in [0, 0.05) is 18.9 Å². The molecule has 0 radical (unpaired) electrons. The van der Waals surface area contributed by atoms with Gasteiger partial charge in [-0.05, 0) is 48.3 Å². The molecule has 2 aromatic heterocycles. The van der Waals surface area contributed by atoms with Crippen LogP contribution in [-0.4, -0.2) is 45.9 Å². The van der Waals surface area contributed by atoms with E-state index in [0.29, 0.717) is 34.7 Å². The van der Waals surface area contributed by atoms with Crippen molar-refractivity contribution in [1.82, 2.24) is 14.6 Å². The zero-order valence-electron chi connectivity index (χ0n) is 15.3. The van der Waals surface area contributed by atoms with Gasteiger partial charge in [-0.25, -0.2) is 13.9 Å². The molecule has 1 aliphatic carbocycles. The number of fused-ring (bicyclic) bond motifs is 1. The van der Waals surface area contributed by atoms with Crippen LogP contribution in [0.4, 0.5) is 10.3 Å². The van der Waals surface area contributed by atoms with Crippen LogP contribution in [0, 0.1) is 9.39 Å². The Hall–Kier alpha value is -1.49. The Balaban J connectivity index is 1.67. The molecule has 4 rings (SSSR count). The minimum absolute atomic E-state index is 0.00829. The molecular weight excluding hydrogens is 466 g/mol. The molecule has 146 valence electrons. The van der Waals surface area contributed by atoms with Crippen LogP contribution in [0.25, 0.3) is 5.52 Å². The largest absolute Gasteiger partial charge is 0.458 e. The standard InChI is InChI=1S/C18H22FIN4O3/c1-3-18(5-6-18)16-15(20)14(19)12-8-21-17(23-24(12)16)22-11-4-7-26-9-13(11)27-10(2)25/h8,11,13H,3-7,9H2,1-2H3,(H,22,23). The van der Waals surface area contributed by atoms with Gasteiger partial charge >= 0.3 is 5.97 Å². The predicted molar refractivity (Wildman–Crippen MR) is 105 cm³/mol. The number of carbonyl (C=O) groups is 1. The van der Waals surface area contributed by atoms with Crippen LogP contribution >= 0.6 is 22.6 Å². The summed E-state index contributed by atoms with van der Waals surface area (Å²) < 4.78 is 27.8. The Morgan fingerprint density at radius 1 is 1.56 bits per heavy atom. The SMILES string of the molecule is CCC1(c2c(I)c(F)c3cnc(NC4CCOCC4OC(C)=O)nn23)CC1. The summed E-state index contributed by atoms with van der Waals surface area (Å²) >= 11 is 2.07. The van der Waals surface area contributed by atoms with E-state index >= 15 is 0 Å². The molecule has 2 atom stereocenters. The zero-order chi connectivity index (χ0) is 19.2. The number of aromatic nitrogens is 3. The van der Waals surface area contributed by atoms with Crippen molar-refractivity contribution < 1.29 is 18.7 Å². The van der Waals surface area contributed by atoms with Gasteiger partial charge in [-0.3, -0.25) is 4.79 Å². The number of hydrogen-bond acceptors (Lipinski definition) is 6. The number of rotatable bonds is 5. The highest BCUT2D eigenvalue weighted by Crippen LogP contribution is 2.53. The van der Waals surface area contributed by atoms with E-state index in [1.54, 1.807) is 4.52 Å². The predicted octanol–water partition coefficient (Wildman–Crippen LogP) is 3.05. The normalized spacial score (nSPS) is 24.0. The van der Waals surface area contributed by atoms with E-state index in [4.69, 9.17) is 9.47 Å². The van der Waals surface area contributed by atoms with Crippen LogP contribution in [0.5, 0.6) is 0 Å². The molecule has 2 fully saturated rings. The number of esters is 1. The molecule has 1 N–H and O–H groups in total. The van der Waals surface area contributed by atoms with Crippen LogP contribution in [0.15, 0.2) is 6.20 Å². The molecule has 3 heterocycles. The summed E-state index contributed by atoms with van der Waals surface area (Å²) in [5, 5.41) is 7.84. The minimum Gasteiger partial charge on any atom is -0.458 e. The van der Waals surface area contributed by atoms with Gasteiger partial charge in [0.15, 0.2) is 5.82 Å². The average molecular weight is 488 g/mol. The number of hydrogen-bond donors (Lipinski definition) is 1. The highest BCUT2D eigenvalue weighted by Gasteiger charge is 2.47. The molecule has 1 saturated carbocycles. The third kappa shape index (κ3) is 3.39. The lowest BCUT2D eigenvalue weighted by molar-refractivity contribution is -0.153. The first-order valence-electron chi connectivity index (χ1n) is 9.20. The summed E-state index contributed by atoms with van der Waals surface area (Å²) in [6, 6.07) is -0.149. The van der Waals surface area contributed by atoms with Crippen molar-refractivity contribution in [2.24, 2.45) is 0 Å². The van der Waals surface area contributed by atoms with Crippen molar-refractivity contribution in [2.75, 3.05) is 18.5 Å². The van der Waals surface area contributed by atoms with Gasteiger partial charge in [0.25, 0.3) is 0 Å². The van der Waals surface area contributed by atoms with Crippen molar-refractivity contribution >= 4 is 40.0 Å². The molecule has 0 amide bonds. The van der Waals surface area contributed by atoms with E-state index < -0.39 is 6.10 Å². The lowest BCUT2D eigenvalue weighted by Gasteiger charge is -2.31. The number of nitrogens with one attached hydrogen (secondary N) is 1. The van der Waals surface area contributed by atoms with Gasteiger partial charge in [-0.2, -0.15) is 0 Å². The lowest BCUT2D eigenvalue weighted by atomic mass is 10.00.